The van der Waals surface area contributed by atoms with Crippen LogP contribution in [-0.2, 0) is 83.6 Å². The highest BCUT2D eigenvalue weighted by Crippen LogP contribution is 2.36. The molecule has 1 aliphatic heterocycles. The SMILES string of the molecule is C.C.C(=NC1CCCCC1)=NC1CCCCC1.C=C(C)C(=O)O.C=C(C)C(=O)OC.C=C(C)C(=O)OCc1ccncc1.C=C(C)C(=O)OCc1ccncc1.CCCCC(C)(CCCCC(C)(CCC)C(=O)OCCOC)C(=O)OCc1ccncc1.OCc1ccncc1.[B][B].c1cc(N2CCCC2)ccn1. The van der Waals surface area contributed by atoms with E-state index >= 15 is 0 Å². The lowest BCUT2D eigenvalue weighted by atomic mass is 9.77. The van der Waals surface area contributed by atoms with Crippen molar-refractivity contribution in [2.45, 2.75) is 244 Å². The van der Waals surface area contributed by atoms with Crippen molar-refractivity contribution in [1.29, 1.82) is 0 Å². The normalized spacial score (nSPS) is 13.3. The number of aliphatic hydroxyl groups excluding tert-OH is 1. The summed E-state index contributed by atoms with van der Waals surface area (Å²) < 4.78 is 30.2. The Morgan fingerprint density at radius 3 is 1.14 bits per heavy atom. The van der Waals surface area contributed by atoms with Crippen molar-refractivity contribution in [3.8, 4) is 0 Å². The van der Waals surface area contributed by atoms with E-state index in [1.165, 1.54) is 110 Å². The maximum absolute atomic E-state index is 13.0. The first-order chi connectivity index (χ1) is 51.4. The summed E-state index contributed by atoms with van der Waals surface area (Å²) in [5, 5.41) is 16.4. The van der Waals surface area contributed by atoms with Gasteiger partial charge >= 0.3 is 35.8 Å². The van der Waals surface area contributed by atoms with Crippen molar-refractivity contribution in [1.82, 2.24) is 24.9 Å². The maximum atomic E-state index is 13.0. The molecule has 2 atom stereocenters. The van der Waals surface area contributed by atoms with E-state index in [2.05, 4.69) is 118 Å². The van der Waals surface area contributed by atoms with Gasteiger partial charge < -0.3 is 43.5 Å². The fourth-order valence-electron chi connectivity index (χ4n) is 10.3. The Hall–Kier alpha value is -9.24. The number of hydrogen-bond donors (Lipinski definition) is 2. The molecule has 24 heteroatoms. The van der Waals surface area contributed by atoms with Crippen molar-refractivity contribution in [2.75, 3.05) is 45.4 Å². The first-order valence-electron chi connectivity index (χ1n) is 36.8. The van der Waals surface area contributed by atoms with E-state index in [9.17, 15) is 28.8 Å². The molecule has 5 aromatic rings. The molecular formula is C85H128B2N8O14. The van der Waals surface area contributed by atoms with Crippen LogP contribution in [-0.4, -0.2) is 145 Å². The molecule has 109 heavy (non-hydrogen) atoms. The lowest BCUT2D eigenvalue weighted by Crippen LogP contribution is -2.32. The Labute approximate surface area is 655 Å². The molecule has 8 rings (SSSR count). The van der Waals surface area contributed by atoms with Gasteiger partial charge in [0.2, 0.25) is 0 Å². The molecule has 2 N–H and O–H groups in total. The number of aliphatic carboxylic acids is 1. The topological polar surface area (TPSA) is 291 Å². The zero-order chi connectivity index (χ0) is 79.9. The van der Waals surface area contributed by atoms with E-state index in [1.807, 2.05) is 38.4 Å². The van der Waals surface area contributed by atoms with Gasteiger partial charge in [0, 0.05) is 126 Å². The minimum absolute atomic E-state index is 0. The molecule has 2 saturated carbocycles. The first-order valence-corrected chi connectivity index (χ1v) is 36.8. The van der Waals surface area contributed by atoms with Gasteiger partial charge in [0.15, 0.2) is 0 Å². The highest BCUT2D eigenvalue weighted by molar-refractivity contribution is 6.75. The lowest BCUT2D eigenvalue weighted by Gasteiger charge is -2.29. The summed E-state index contributed by atoms with van der Waals surface area (Å²) in [7, 11) is 10.9. The van der Waals surface area contributed by atoms with Crippen LogP contribution in [0.3, 0.4) is 0 Å². The number of unbranched alkanes of at least 4 members (excludes halogenated alkanes) is 2. The number of anilines is 1. The van der Waals surface area contributed by atoms with Crippen molar-refractivity contribution in [3.05, 3.63) is 193 Å². The average Bonchev–Trinajstić information content (AvgIpc) is 1.28. The summed E-state index contributed by atoms with van der Waals surface area (Å²) in [5.74, 6) is -2.30. The monoisotopic (exact) mass is 1510 g/mol. The van der Waals surface area contributed by atoms with Crippen LogP contribution in [0.1, 0.15) is 227 Å². The first kappa shape index (κ1) is 104. The van der Waals surface area contributed by atoms with Crippen LogP contribution >= 0.6 is 0 Å². The van der Waals surface area contributed by atoms with Crippen LogP contribution < -0.4 is 4.90 Å². The predicted molar refractivity (Wildman–Crippen MR) is 437 cm³/mol. The number of methoxy groups -OCH3 is 2. The standard InChI is InChI=1S/C26H43NO5.C13H22N2.2C10H11NO2.C9H12N2.C6H7NO.C5H8O2.C4H6O2.2CH4.B2/c1-6-8-14-26(4,24(29)32-21-22-11-17-27-18-12-22)16-10-9-15-25(3,13-7-2)23(28)31-20-19-30-5;1-3-7-12(8-4-1)14-11-15-13-9-5-2-6-10-13;2*1-8(2)10(12)13-7-9-3-5-11-6-4-9;1-2-8-11(7-1)9-3-5-10-6-4-9;8-5-6-1-3-7-4-2-6;1-4(2)5(6)7-3;1-3(2)4(5)6;;;1-2/h11-12,17-18H,6-10,13-16,19-21H2,1-5H3;12-13H,1-10H2;2*3-6H,1,7H2,2H3;3-6H,1-2,7-8H2;1-4,8H,5H2;1H2,2-3H3;1H2,2H3,(H,5,6);2*1H4;. The molecule has 1 saturated heterocycles. The summed E-state index contributed by atoms with van der Waals surface area (Å²) >= 11 is 0. The quantitative estimate of drug-likeness (QED) is 0.0112. The van der Waals surface area contributed by atoms with Crippen molar-refractivity contribution in [3.63, 3.8) is 0 Å². The van der Waals surface area contributed by atoms with E-state index in [0.29, 0.717) is 35.4 Å². The van der Waals surface area contributed by atoms with Gasteiger partial charge in [-0.2, -0.15) is 0 Å². The third-order valence-electron chi connectivity index (χ3n) is 16.7. The van der Waals surface area contributed by atoms with E-state index in [4.69, 9.17) is 33.9 Å². The number of aromatic nitrogens is 5. The van der Waals surface area contributed by atoms with Crippen LogP contribution in [0, 0.1) is 10.8 Å². The Bertz CT molecular complexity index is 3220. The van der Waals surface area contributed by atoms with Crippen molar-refractivity contribution in [2.24, 2.45) is 20.8 Å². The minimum atomic E-state index is -0.935. The number of hydrogen-bond acceptors (Lipinski definition) is 21. The number of aliphatic hydroxyl groups is 1. The van der Waals surface area contributed by atoms with Crippen molar-refractivity contribution < 1.29 is 67.4 Å². The molecule has 22 nitrogen and oxygen atoms in total. The fraction of sp³-hybridized carbons (Fsp3) is 0.529. The molecule has 4 radical (unpaired) electrons. The van der Waals surface area contributed by atoms with E-state index in [-0.39, 0.29) is 83.3 Å². The molecule has 0 amide bonds. The van der Waals surface area contributed by atoms with Gasteiger partial charge in [-0.3, -0.25) is 34.5 Å². The molecule has 3 fully saturated rings. The molecule has 5 aromatic heterocycles. The van der Waals surface area contributed by atoms with Crippen LogP contribution in [0.4, 0.5) is 5.69 Å². The summed E-state index contributed by atoms with van der Waals surface area (Å²) in [6.07, 6.45) is 40.7. The van der Waals surface area contributed by atoms with Gasteiger partial charge in [-0.15, -0.1) is 0 Å². The average molecular weight is 1510 g/mol. The zero-order valence-corrected chi connectivity index (χ0v) is 65.6. The minimum Gasteiger partial charge on any atom is -0.478 e. The third kappa shape index (κ3) is 51.7. The number of carboxylic acids is 1. The summed E-state index contributed by atoms with van der Waals surface area (Å²) in [4.78, 5) is 98.1. The fourth-order valence-corrected chi connectivity index (χ4v) is 10.3. The second kappa shape index (κ2) is 65.8. The third-order valence-corrected chi connectivity index (χ3v) is 16.7. The van der Waals surface area contributed by atoms with Crippen LogP contribution in [0.15, 0.2) is 181 Å². The second-order valence-corrected chi connectivity index (χ2v) is 26.4. The molecule has 0 aromatic carbocycles. The number of nitrogens with zero attached hydrogens (tertiary/aromatic N) is 8. The van der Waals surface area contributed by atoms with E-state index in [0.717, 1.165) is 80.0 Å². The van der Waals surface area contributed by atoms with Gasteiger partial charge in [-0.1, -0.05) is 126 Å². The number of esters is 5. The molecule has 0 spiro atoms. The van der Waals surface area contributed by atoms with Gasteiger partial charge in [-0.25, -0.2) is 29.2 Å². The Kier molecular flexibility index (Phi) is 62.7. The predicted octanol–water partition coefficient (Wildman–Crippen LogP) is 17.3. The molecular weight excluding hydrogens is 1380 g/mol. The lowest BCUT2D eigenvalue weighted by molar-refractivity contribution is -0.159. The van der Waals surface area contributed by atoms with Crippen LogP contribution in [0.5, 0.6) is 0 Å². The Balaban J connectivity index is -0.00000125. The number of ether oxygens (including phenoxy) is 6. The molecule has 598 valence electrons. The van der Waals surface area contributed by atoms with Crippen molar-refractivity contribution >= 4 is 63.0 Å². The van der Waals surface area contributed by atoms with E-state index < -0.39 is 16.8 Å². The maximum Gasteiger partial charge on any atom is 0.333 e. The summed E-state index contributed by atoms with van der Waals surface area (Å²) in [5.41, 5.74) is 5.42. The molecule has 2 unspecified atom stereocenters. The second-order valence-electron chi connectivity index (χ2n) is 26.4. The van der Waals surface area contributed by atoms with Crippen LogP contribution in [0.25, 0.3) is 0 Å². The van der Waals surface area contributed by atoms with Gasteiger partial charge in [0.1, 0.15) is 26.4 Å². The van der Waals surface area contributed by atoms with Gasteiger partial charge in [0.05, 0.1) is 49.2 Å². The Morgan fingerprint density at radius 2 is 0.826 bits per heavy atom. The zero-order valence-electron chi connectivity index (χ0n) is 65.6. The molecule has 3 aliphatic rings. The van der Waals surface area contributed by atoms with E-state index in [1.54, 1.807) is 114 Å². The van der Waals surface area contributed by atoms with Gasteiger partial charge in [0.25, 0.3) is 0 Å². The number of carboxylic acid groups (broad SMARTS) is 1. The highest BCUT2D eigenvalue weighted by atomic mass is 16.6. The number of rotatable bonds is 29. The summed E-state index contributed by atoms with van der Waals surface area (Å²) in [6.45, 7) is 32.0. The Morgan fingerprint density at radius 1 is 0.486 bits per heavy atom. The smallest absolute Gasteiger partial charge is 0.333 e. The number of carbonyl (C=O) groups is 6. The number of pyridine rings is 5. The highest BCUT2D eigenvalue weighted by Gasteiger charge is 2.36. The molecule has 0 bridgehead atoms. The summed E-state index contributed by atoms with van der Waals surface area (Å²) in [6, 6.07) is 22.7. The van der Waals surface area contributed by atoms with Crippen LogP contribution in [0.2, 0.25) is 0 Å². The molecule has 6 heterocycles. The number of carbonyl (C=O) groups excluding carboxylic acids is 5. The number of aliphatic imine (C=N–C) groups is 2. The van der Waals surface area contributed by atoms with Gasteiger partial charge in [-0.05, 0) is 189 Å². The largest absolute Gasteiger partial charge is 0.478 e. The molecule has 2 aliphatic carbocycles.